The van der Waals surface area contributed by atoms with E-state index < -0.39 is 0 Å². The quantitative estimate of drug-likeness (QED) is 0.555. The summed E-state index contributed by atoms with van der Waals surface area (Å²) >= 11 is 0. The Bertz CT molecular complexity index is 170. The number of likely N-dealkylation sites (tertiary alicyclic amines) is 1. The molecule has 76 valence electrons. The van der Waals surface area contributed by atoms with Gasteiger partial charge in [0.1, 0.15) is 0 Å². The van der Waals surface area contributed by atoms with E-state index in [2.05, 4.69) is 18.9 Å². The highest BCUT2D eigenvalue weighted by Gasteiger charge is 2.40. The minimum Gasteiger partial charge on any atom is -0.306 e. The summed E-state index contributed by atoms with van der Waals surface area (Å²) in [5, 5.41) is 0. The molecule has 1 atom stereocenters. The van der Waals surface area contributed by atoms with Gasteiger partial charge in [-0.25, -0.2) is 0 Å². The molecule has 1 saturated carbocycles. The molecule has 1 nitrogen and oxygen atoms in total. The minimum atomic E-state index is 0.714. The van der Waals surface area contributed by atoms with Crippen molar-refractivity contribution in [3.63, 3.8) is 0 Å². The first-order valence-electron chi connectivity index (χ1n) is 5.91. The van der Waals surface area contributed by atoms with Crippen LogP contribution >= 0.6 is 0 Å². The van der Waals surface area contributed by atoms with Crippen molar-refractivity contribution in [2.24, 2.45) is 11.3 Å². The lowest BCUT2D eigenvalue weighted by atomic mass is 9.63. The highest BCUT2D eigenvalue weighted by molar-refractivity contribution is 4.92. The smallest absolute Gasteiger partial charge is 0.00375 e. The van der Waals surface area contributed by atoms with Crippen LogP contribution in [0.15, 0.2) is 0 Å². The third-order valence-electron chi connectivity index (χ3n) is 4.42. The fourth-order valence-electron chi connectivity index (χ4n) is 3.40. The molecule has 0 radical (unpaired) electrons. The van der Waals surface area contributed by atoms with Crippen LogP contribution in [0.2, 0.25) is 0 Å². The highest BCUT2D eigenvalue weighted by Crippen LogP contribution is 2.46. The average Bonchev–Trinajstić information content (AvgIpc) is 2.14. The fraction of sp³-hybridized carbons (Fsp3) is 1.00. The second-order valence-corrected chi connectivity index (χ2v) is 5.35. The van der Waals surface area contributed by atoms with Gasteiger partial charge in [-0.15, -0.1) is 0 Å². The van der Waals surface area contributed by atoms with Crippen LogP contribution in [-0.2, 0) is 0 Å². The zero-order valence-corrected chi connectivity index (χ0v) is 9.18. The van der Waals surface area contributed by atoms with E-state index in [1.165, 1.54) is 51.6 Å². The third kappa shape index (κ3) is 1.76. The van der Waals surface area contributed by atoms with E-state index in [0.29, 0.717) is 5.41 Å². The lowest BCUT2D eigenvalue weighted by Gasteiger charge is -2.48. The normalized spacial score (nSPS) is 35.1. The maximum atomic E-state index is 2.55. The van der Waals surface area contributed by atoms with Crippen LogP contribution in [0, 0.1) is 11.3 Å². The van der Waals surface area contributed by atoms with Crippen LogP contribution in [0.25, 0.3) is 0 Å². The Morgan fingerprint density at radius 1 is 1.15 bits per heavy atom. The van der Waals surface area contributed by atoms with E-state index >= 15 is 0 Å². The van der Waals surface area contributed by atoms with Crippen molar-refractivity contribution in [2.45, 2.75) is 45.4 Å². The van der Waals surface area contributed by atoms with Crippen LogP contribution in [0.4, 0.5) is 0 Å². The van der Waals surface area contributed by atoms with Gasteiger partial charge in [-0.3, -0.25) is 0 Å². The zero-order valence-electron chi connectivity index (χ0n) is 9.18. The molecule has 1 heterocycles. The lowest BCUT2D eigenvalue weighted by molar-refractivity contribution is 0.0160. The Balaban J connectivity index is 2.07. The van der Waals surface area contributed by atoms with E-state index in [4.69, 9.17) is 0 Å². The third-order valence-corrected chi connectivity index (χ3v) is 4.42. The molecule has 1 spiro atoms. The van der Waals surface area contributed by atoms with Crippen LogP contribution in [0.5, 0.6) is 0 Å². The molecular formula is C12H23N. The number of hydrogen-bond donors (Lipinski definition) is 0. The number of rotatable bonds is 0. The Hall–Kier alpha value is -0.0400. The number of hydrogen-bond acceptors (Lipinski definition) is 1. The molecule has 1 aliphatic carbocycles. The number of nitrogens with zero attached hydrogens (tertiary/aromatic N) is 1. The van der Waals surface area contributed by atoms with Gasteiger partial charge in [-0.05, 0) is 44.2 Å². The molecule has 0 aromatic rings. The molecule has 2 fully saturated rings. The molecule has 0 aromatic heterocycles. The summed E-state index contributed by atoms with van der Waals surface area (Å²) in [5.74, 6) is 0.976. The minimum absolute atomic E-state index is 0.714. The van der Waals surface area contributed by atoms with Gasteiger partial charge < -0.3 is 4.90 Å². The van der Waals surface area contributed by atoms with E-state index in [9.17, 15) is 0 Å². The first-order chi connectivity index (χ1) is 6.23. The van der Waals surface area contributed by atoms with Crippen LogP contribution in [0.3, 0.4) is 0 Å². The summed E-state index contributed by atoms with van der Waals surface area (Å²) in [6, 6.07) is 0. The Morgan fingerprint density at radius 2 is 1.85 bits per heavy atom. The van der Waals surface area contributed by atoms with Gasteiger partial charge in [-0.2, -0.15) is 0 Å². The first-order valence-corrected chi connectivity index (χ1v) is 5.91. The molecule has 2 rings (SSSR count). The van der Waals surface area contributed by atoms with E-state index in [0.717, 1.165) is 5.92 Å². The summed E-state index contributed by atoms with van der Waals surface area (Å²) in [6.07, 6.45) is 8.88. The predicted octanol–water partition coefficient (Wildman–Crippen LogP) is 2.91. The van der Waals surface area contributed by atoms with Gasteiger partial charge in [0.25, 0.3) is 0 Å². The second-order valence-electron chi connectivity index (χ2n) is 5.35. The van der Waals surface area contributed by atoms with Gasteiger partial charge >= 0.3 is 0 Å². The summed E-state index contributed by atoms with van der Waals surface area (Å²) in [5.41, 5.74) is 0.714. The largest absolute Gasteiger partial charge is 0.306 e. The molecule has 13 heavy (non-hydrogen) atoms. The molecule has 1 unspecified atom stereocenters. The van der Waals surface area contributed by atoms with Crippen LogP contribution in [0.1, 0.15) is 45.4 Å². The second kappa shape index (κ2) is 3.61. The van der Waals surface area contributed by atoms with Crippen molar-refractivity contribution in [2.75, 3.05) is 20.1 Å². The van der Waals surface area contributed by atoms with Crippen LogP contribution in [-0.4, -0.2) is 25.0 Å². The van der Waals surface area contributed by atoms with Gasteiger partial charge in [0.15, 0.2) is 0 Å². The first kappa shape index (κ1) is 9.51. The monoisotopic (exact) mass is 181 g/mol. The molecule has 1 heteroatoms. The van der Waals surface area contributed by atoms with E-state index in [-0.39, 0.29) is 0 Å². The predicted molar refractivity (Wildman–Crippen MR) is 56.8 cm³/mol. The van der Waals surface area contributed by atoms with Crippen molar-refractivity contribution in [3.8, 4) is 0 Å². The lowest BCUT2D eigenvalue weighted by Crippen LogP contribution is -2.47. The molecule has 1 saturated heterocycles. The molecule has 2 aliphatic rings. The van der Waals surface area contributed by atoms with Gasteiger partial charge in [0, 0.05) is 6.54 Å². The molecule has 0 N–H and O–H groups in total. The molecule has 1 aliphatic heterocycles. The van der Waals surface area contributed by atoms with Gasteiger partial charge in [0.05, 0.1) is 0 Å². The number of piperidine rings is 1. The fourth-order valence-corrected chi connectivity index (χ4v) is 3.40. The molecule has 0 bridgehead atoms. The van der Waals surface area contributed by atoms with Crippen molar-refractivity contribution < 1.29 is 0 Å². The Morgan fingerprint density at radius 3 is 2.54 bits per heavy atom. The Labute approximate surface area is 82.5 Å². The standard InChI is InChI=1S/C12H23N/c1-11-6-9-13(2)10-12(11)7-4-3-5-8-12/h11H,3-10H2,1-2H3. The van der Waals surface area contributed by atoms with Crippen LogP contribution < -0.4 is 0 Å². The molecule has 0 amide bonds. The van der Waals surface area contributed by atoms with E-state index in [1.807, 2.05) is 0 Å². The van der Waals surface area contributed by atoms with Crippen molar-refractivity contribution >= 4 is 0 Å². The Kier molecular flexibility index (Phi) is 2.64. The highest BCUT2D eigenvalue weighted by atomic mass is 15.1. The van der Waals surface area contributed by atoms with Gasteiger partial charge in [0.2, 0.25) is 0 Å². The zero-order chi connectivity index (χ0) is 9.31. The van der Waals surface area contributed by atoms with Crippen molar-refractivity contribution in [1.29, 1.82) is 0 Å². The van der Waals surface area contributed by atoms with Crippen molar-refractivity contribution in [3.05, 3.63) is 0 Å². The summed E-state index contributed by atoms with van der Waals surface area (Å²) in [7, 11) is 2.29. The SMILES string of the molecule is CC1CCN(C)CC12CCCCC2. The maximum Gasteiger partial charge on any atom is 0.00375 e. The average molecular weight is 181 g/mol. The summed E-state index contributed by atoms with van der Waals surface area (Å²) < 4.78 is 0. The molecule has 0 aromatic carbocycles. The van der Waals surface area contributed by atoms with E-state index in [1.54, 1.807) is 0 Å². The van der Waals surface area contributed by atoms with Gasteiger partial charge in [-0.1, -0.05) is 26.2 Å². The summed E-state index contributed by atoms with van der Waals surface area (Å²) in [4.78, 5) is 2.55. The molecular weight excluding hydrogens is 158 g/mol. The maximum absolute atomic E-state index is 2.55. The van der Waals surface area contributed by atoms with Crippen molar-refractivity contribution in [1.82, 2.24) is 4.90 Å². The topological polar surface area (TPSA) is 3.24 Å². The summed E-state index contributed by atoms with van der Waals surface area (Å²) in [6.45, 7) is 5.18.